The van der Waals surface area contributed by atoms with E-state index in [1.54, 1.807) is 12.1 Å². The summed E-state index contributed by atoms with van der Waals surface area (Å²) < 4.78 is 0. The first-order valence-corrected chi connectivity index (χ1v) is 14.8. The van der Waals surface area contributed by atoms with E-state index in [4.69, 9.17) is 0 Å². The number of hydrogen-bond acceptors (Lipinski definition) is 5. The number of amides is 3. The SMILES string of the molecule is Cc1ccccc1C(=O)N[C@@H](Cc1ccccc1)[C@H](O)C(=O)N1CSC(C)N([C@H]2CCc3ccccc32)C(=O)C1. The highest BCUT2D eigenvalue weighted by Gasteiger charge is 2.40. The molecule has 7 nitrogen and oxygen atoms in total. The normalized spacial score (nSPS) is 20.4. The van der Waals surface area contributed by atoms with Gasteiger partial charge in [-0.05, 0) is 61.4 Å². The van der Waals surface area contributed by atoms with Gasteiger partial charge in [0.1, 0.15) is 6.54 Å². The maximum atomic E-state index is 13.7. The first-order valence-electron chi connectivity index (χ1n) is 13.7. The minimum Gasteiger partial charge on any atom is -0.381 e. The van der Waals surface area contributed by atoms with Gasteiger partial charge in [0.05, 0.1) is 23.3 Å². The molecule has 4 atom stereocenters. The molecule has 1 aliphatic carbocycles. The van der Waals surface area contributed by atoms with E-state index < -0.39 is 18.1 Å². The Morgan fingerprint density at radius 3 is 2.50 bits per heavy atom. The van der Waals surface area contributed by atoms with Gasteiger partial charge in [0.25, 0.3) is 11.8 Å². The number of rotatable bonds is 7. The van der Waals surface area contributed by atoms with E-state index in [-0.39, 0.29) is 42.1 Å². The first kappa shape index (κ1) is 27.9. The number of nitrogens with one attached hydrogen (secondary N) is 1. The fourth-order valence-electron chi connectivity index (χ4n) is 5.71. The molecule has 0 aromatic heterocycles. The predicted octanol–water partition coefficient (Wildman–Crippen LogP) is 4.09. The Bertz CT molecular complexity index is 1380. The zero-order valence-electron chi connectivity index (χ0n) is 22.8. The Balaban J connectivity index is 1.34. The van der Waals surface area contributed by atoms with Crippen molar-refractivity contribution in [3.63, 3.8) is 0 Å². The van der Waals surface area contributed by atoms with Crippen LogP contribution >= 0.6 is 11.8 Å². The summed E-state index contributed by atoms with van der Waals surface area (Å²) in [6.07, 6.45) is 0.527. The molecule has 5 rings (SSSR count). The fourth-order valence-corrected chi connectivity index (χ4v) is 6.75. The van der Waals surface area contributed by atoms with Crippen LogP contribution in [0.1, 0.15) is 52.0 Å². The molecule has 2 aliphatic rings. The summed E-state index contributed by atoms with van der Waals surface area (Å²) in [5.74, 6) is -0.778. The fraction of sp³-hybridized carbons (Fsp3) is 0.344. The van der Waals surface area contributed by atoms with Crippen molar-refractivity contribution in [2.24, 2.45) is 0 Å². The molecule has 3 aromatic rings. The van der Waals surface area contributed by atoms with Crippen molar-refractivity contribution in [2.75, 3.05) is 12.4 Å². The third kappa shape index (κ3) is 5.93. The zero-order valence-corrected chi connectivity index (χ0v) is 23.6. The molecule has 1 saturated heterocycles. The van der Waals surface area contributed by atoms with Gasteiger partial charge in [-0.15, -0.1) is 11.8 Å². The number of hydrogen-bond donors (Lipinski definition) is 2. The van der Waals surface area contributed by atoms with Crippen molar-refractivity contribution in [1.29, 1.82) is 0 Å². The van der Waals surface area contributed by atoms with E-state index in [1.807, 2.05) is 73.3 Å². The molecule has 40 heavy (non-hydrogen) atoms. The molecular formula is C32H35N3O4S. The number of aliphatic hydroxyl groups is 1. The van der Waals surface area contributed by atoms with Gasteiger partial charge in [-0.2, -0.15) is 0 Å². The number of fused-ring (bicyclic) bond motifs is 1. The highest BCUT2D eigenvalue weighted by molar-refractivity contribution is 7.99. The van der Waals surface area contributed by atoms with Gasteiger partial charge in [-0.3, -0.25) is 14.4 Å². The molecular weight excluding hydrogens is 522 g/mol. The Hall–Kier alpha value is -3.62. The molecule has 3 aromatic carbocycles. The van der Waals surface area contributed by atoms with Crippen LogP contribution in [0.2, 0.25) is 0 Å². The van der Waals surface area contributed by atoms with E-state index in [1.165, 1.54) is 27.8 Å². The van der Waals surface area contributed by atoms with Crippen molar-refractivity contribution < 1.29 is 19.5 Å². The molecule has 2 N–H and O–H groups in total. The lowest BCUT2D eigenvalue weighted by Crippen LogP contribution is -2.53. The van der Waals surface area contributed by atoms with Gasteiger partial charge in [0.2, 0.25) is 5.91 Å². The van der Waals surface area contributed by atoms with Crippen LogP contribution in [-0.2, 0) is 22.4 Å². The molecule has 1 unspecified atom stereocenters. The summed E-state index contributed by atoms with van der Waals surface area (Å²) in [5.41, 5.74) is 4.60. The average Bonchev–Trinajstić information content (AvgIpc) is 3.32. The number of aliphatic hydroxyl groups excluding tert-OH is 1. The van der Waals surface area contributed by atoms with Crippen molar-refractivity contribution in [3.8, 4) is 0 Å². The van der Waals surface area contributed by atoms with Crippen LogP contribution in [0.3, 0.4) is 0 Å². The summed E-state index contributed by atoms with van der Waals surface area (Å²) >= 11 is 1.51. The number of aryl methyl sites for hydroxylation is 2. The maximum Gasteiger partial charge on any atom is 0.254 e. The van der Waals surface area contributed by atoms with Crippen LogP contribution in [0.4, 0.5) is 0 Å². The van der Waals surface area contributed by atoms with Gasteiger partial charge < -0.3 is 20.2 Å². The number of benzene rings is 3. The minimum absolute atomic E-state index is 0.0228. The molecule has 0 bridgehead atoms. The second-order valence-electron chi connectivity index (χ2n) is 10.5. The van der Waals surface area contributed by atoms with Crippen LogP contribution in [0, 0.1) is 6.92 Å². The molecule has 0 radical (unpaired) electrons. The highest BCUT2D eigenvalue weighted by atomic mass is 32.2. The Morgan fingerprint density at radius 1 is 1.02 bits per heavy atom. The number of nitrogens with zero attached hydrogens (tertiary/aromatic N) is 2. The van der Waals surface area contributed by atoms with Crippen LogP contribution < -0.4 is 5.32 Å². The second-order valence-corrected chi connectivity index (χ2v) is 11.8. The summed E-state index contributed by atoms with van der Waals surface area (Å²) in [4.78, 5) is 43.8. The van der Waals surface area contributed by atoms with Crippen LogP contribution in [0.25, 0.3) is 0 Å². The van der Waals surface area contributed by atoms with Gasteiger partial charge >= 0.3 is 0 Å². The summed E-state index contributed by atoms with van der Waals surface area (Å²) in [6.45, 7) is 3.72. The number of carbonyl (C=O) groups is 3. The van der Waals surface area contributed by atoms with E-state index in [0.717, 1.165) is 24.0 Å². The standard InChI is InChI=1S/C32H35N3O4S/c1-21-10-6-8-14-25(21)31(38)33-27(18-23-11-4-3-5-12-23)30(37)32(39)34-19-29(36)35(22(2)40-20-34)28-17-16-24-13-7-9-15-26(24)28/h3-15,22,27-28,30,37H,16-20H2,1-2H3,(H,33,38)/t22?,27-,28-,30-/m0/s1. The largest absolute Gasteiger partial charge is 0.381 e. The van der Waals surface area contributed by atoms with Gasteiger partial charge in [0, 0.05) is 5.56 Å². The Labute approximate surface area is 239 Å². The molecule has 3 amide bonds. The zero-order chi connectivity index (χ0) is 28.2. The van der Waals surface area contributed by atoms with Crippen molar-refractivity contribution in [2.45, 2.75) is 56.7 Å². The molecule has 1 heterocycles. The average molecular weight is 558 g/mol. The lowest BCUT2D eigenvalue weighted by atomic mass is 9.99. The quantitative estimate of drug-likeness (QED) is 0.457. The topological polar surface area (TPSA) is 89.9 Å². The third-order valence-electron chi connectivity index (χ3n) is 7.86. The highest BCUT2D eigenvalue weighted by Crippen LogP contribution is 2.39. The van der Waals surface area contributed by atoms with E-state index in [9.17, 15) is 19.5 Å². The second kappa shape index (κ2) is 12.3. The third-order valence-corrected chi connectivity index (χ3v) is 9.04. The lowest BCUT2D eigenvalue weighted by Gasteiger charge is -2.33. The number of thioether (sulfide) groups is 1. The van der Waals surface area contributed by atoms with Crippen molar-refractivity contribution in [1.82, 2.24) is 15.1 Å². The first-order chi connectivity index (χ1) is 19.3. The predicted molar refractivity (Wildman–Crippen MR) is 157 cm³/mol. The maximum absolute atomic E-state index is 13.7. The van der Waals surface area contributed by atoms with Crippen LogP contribution in [-0.4, -0.2) is 62.6 Å². The molecule has 0 spiro atoms. The molecule has 208 valence electrons. The van der Waals surface area contributed by atoms with Crippen LogP contribution in [0.15, 0.2) is 78.9 Å². The Morgan fingerprint density at radius 2 is 1.73 bits per heavy atom. The number of carbonyl (C=O) groups excluding carboxylic acids is 3. The van der Waals surface area contributed by atoms with E-state index in [0.29, 0.717) is 5.56 Å². The van der Waals surface area contributed by atoms with Gasteiger partial charge in [-0.25, -0.2) is 0 Å². The smallest absolute Gasteiger partial charge is 0.254 e. The molecule has 1 aliphatic heterocycles. The van der Waals surface area contributed by atoms with Crippen molar-refractivity contribution >= 4 is 29.5 Å². The molecule has 1 fully saturated rings. The Kier molecular flexibility index (Phi) is 8.57. The van der Waals surface area contributed by atoms with Crippen molar-refractivity contribution in [3.05, 3.63) is 107 Å². The monoisotopic (exact) mass is 557 g/mol. The van der Waals surface area contributed by atoms with E-state index >= 15 is 0 Å². The summed E-state index contributed by atoms with van der Waals surface area (Å²) in [6, 6.07) is 24.0. The van der Waals surface area contributed by atoms with Gasteiger partial charge in [-0.1, -0.05) is 72.8 Å². The molecule has 8 heteroatoms. The summed E-state index contributed by atoms with van der Waals surface area (Å²) in [7, 11) is 0. The van der Waals surface area contributed by atoms with E-state index in [2.05, 4.69) is 17.4 Å². The van der Waals surface area contributed by atoms with Crippen LogP contribution in [0.5, 0.6) is 0 Å². The van der Waals surface area contributed by atoms with Gasteiger partial charge in [0.15, 0.2) is 6.10 Å². The summed E-state index contributed by atoms with van der Waals surface area (Å²) in [5, 5.41) is 14.1. The minimum atomic E-state index is -1.52. The molecule has 0 saturated carbocycles. The lowest BCUT2D eigenvalue weighted by molar-refractivity contribution is -0.146.